The maximum absolute atomic E-state index is 11.4. The second-order valence-electron chi connectivity index (χ2n) is 4.79. The minimum absolute atomic E-state index is 0.185. The van der Waals surface area contributed by atoms with Crippen molar-refractivity contribution in [2.45, 2.75) is 31.8 Å². The Hall–Kier alpha value is -1.97. The van der Waals surface area contributed by atoms with Gasteiger partial charge < -0.3 is 13.9 Å². The molecule has 4 heteroatoms. The standard InChI is InChI=1S/C15H16O4/c1-17-12-8-6-10-7-9-13(16)19-14(10)15(12)18-11-4-2-3-5-11/h6-9,11H,2-5H2,1H3. The van der Waals surface area contributed by atoms with Crippen LogP contribution in [0.3, 0.4) is 0 Å². The van der Waals surface area contributed by atoms with Crippen LogP contribution >= 0.6 is 0 Å². The van der Waals surface area contributed by atoms with Gasteiger partial charge in [0, 0.05) is 11.5 Å². The number of ether oxygens (including phenoxy) is 2. The van der Waals surface area contributed by atoms with E-state index < -0.39 is 0 Å². The van der Waals surface area contributed by atoms with E-state index in [1.54, 1.807) is 13.2 Å². The second-order valence-corrected chi connectivity index (χ2v) is 4.79. The van der Waals surface area contributed by atoms with Crippen molar-refractivity contribution in [3.8, 4) is 11.5 Å². The lowest BCUT2D eigenvalue weighted by atomic mass is 10.2. The molecule has 4 nitrogen and oxygen atoms in total. The highest BCUT2D eigenvalue weighted by Gasteiger charge is 2.21. The van der Waals surface area contributed by atoms with Crippen LogP contribution in [0.5, 0.6) is 11.5 Å². The van der Waals surface area contributed by atoms with Crippen molar-refractivity contribution in [3.05, 3.63) is 34.7 Å². The minimum Gasteiger partial charge on any atom is -0.493 e. The third kappa shape index (κ3) is 2.30. The monoisotopic (exact) mass is 260 g/mol. The quantitative estimate of drug-likeness (QED) is 0.795. The Morgan fingerprint density at radius 3 is 2.63 bits per heavy atom. The summed E-state index contributed by atoms with van der Waals surface area (Å²) in [5.74, 6) is 1.15. The van der Waals surface area contributed by atoms with E-state index in [1.165, 1.54) is 18.9 Å². The first-order chi connectivity index (χ1) is 9.28. The summed E-state index contributed by atoms with van der Waals surface area (Å²) in [6.45, 7) is 0. The number of hydrogen-bond donors (Lipinski definition) is 0. The van der Waals surface area contributed by atoms with Crippen molar-refractivity contribution in [2.75, 3.05) is 7.11 Å². The van der Waals surface area contributed by atoms with Gasteiger partial charge in [-0.05, 0) is 43.9 Å². The Morgan fingerprint density at radius 2 is 1.89 bits per heavy atom. The number of hydrogen-bond acceptors (Lipinski definition) is 4. The fourth-order valence-corrected chi connectivity index (χ4v) is 2.53. The first kappa shape index (κ1) is 12.1. The van der Waals surface area contributed by atoms with Gasteiger partial charge in [-0.2, -0.15) is 0 Å². The second kappa shape index (κ2) is 4.96. The molecule has 1 heterocycles. The molecular weight excluding hydrogens is 244 g/mol. The maximum atomic E-state index is 11.4. The van der Waals surface area contributed by atoms with E-state index in [2.05, 4.69) is 0 Å². The third-order valence-corrected chi connectivity index (χ3v) is 3.51. The zero-order valence-corrected chi connectivity index (χ0v) is 10.8. The van der Waals surface area contributed by atoms with E-state index in [-0.39, 0.29) is 11.7 Å². The number of methoxy groups -OCH3 is 1. The van der Waals surface area contributed by atoms with Gasteiger partial charge >= 0.3 is 5.63 Å². The Morgan fingerprint density at radius 1 is 1.16 bits per heavy atom. The Kier molecular flexibility index (Phi) is 3.15. The molecule has 3 rings (SSSR count). The molecule has 2 aromatic rings. The van der Waals surface area contributed by atoms with Crippen LogP contribution in [-0.2, 0) is 0 Å². The van der Waals surface area contributed by atoms with Gasteiger partial charge in [0.05, 0.1) is 13.2 Å². The Balaban J connectivity index is 2.11. The normalized spacial score (nSPS) is 15.8. The summed E-state index contributed by atoms with van der Waals surface area (Å²) < 4.78 is 16.6. The van der Waals surface area contributed by atoms with E-state index in [0.717, 1.165) is 18.2 Å². The molecule has 1 aromatic carbocycles. The molecule has 1 fully saturated rings. The molecule has 0 atom stereocenters. The molecule has 100 valence electrons. The van der Waals surface area contributed by atoms with E-state index in [1.807, 2.05) is 12.1 Å². The summed E-state index contributed by atoms with van der Waals surface area (Å²) in [6, 6.07) is 6.85. The molecule has 0 amide bonds. The topological polar surface area (TPSA) is 48.7 Å². The van der Waals surface area contributed by atoms with Crippen LogP contribution in [0.1, 0.15) is 25.7 Å². The predicted molar refractivity (Wildman–Crippen MR) is 71.9 cm³/mol. The van der Waals surface area contributed by atoms with Gasteiger partial charge in [-0.1, -0.05) is 0 Å². The highest BCUT2D eigenvalue weighted by molar-refractivity contribution is 5.85. The molecule has 1 aliphatic rings. The van der Waals surface area contributed by atoms with E-state index in [0.29, 0.717) is 17.1 Å². The van der Waals surface area contributed by atoms with Gasteiger partial charge in [0.1, 0.15) is 0 Å². The van der Waals surface area contributed by atoms with Crippen molar-refractivity contribution in [3.63, 3.8) is 0 Å². The summed E-state index contributed by atoms with van der Waals surface area (Å²) >= 11 is 0. The molecule has 0 saturated heterocycles. The molecule has 0 unspecified atom stereocenters. The van der Waals surface area contributed by atoms with Crippen LogP contribution in [0.25, 0.3) is 11.0 Å². The first-order valence-corrected chi connectivity index (χ1v) is 6.55. The van der Waals surface area contributed by atoms with Crippen molar-refractivity contribution >= 4 is 11.0 Å². The highest BCUT2D eigenvalue weighted by atomic mass is 16.5. The van der Waals surface area contributed by atoms with Gasteiger partial charge in [-0.3, -0.25) is 0 Å². The Labute approximate surface area is 110 Å². The molecule has 1 saturated carbocycles. The van der Waals surface area contributed by atoms with E-state index in [9.17, 15) is 4.79 Å². The van der Waals surface area contributed by atoms with Crippen LogP contribution in [-0.4, -0.2) is 13.2 Å². The van der Waals surface area contributed by atoms with Crippen LogP contribution in [0.4, 0.5) is 0 Å². The molecule has 1 aromatic heterocycles. The van der Waals surface area contributed by atoms with Gasteiger partial charge in [0.2, 0.25) is 5.75 Å². The molecule has 0 bridgehead atoms. The fourth-order valence-electron chi connectivity index (χ4n) is 2.53. The predicted octanol–water partition coefficient (Wildman–Crippen LogP) is 3.12. The van der Waals surface area contributed by atoms with Gasteiger partial charge in [-0.25, -0.2) is 4.79 Å². The van der Waals surface area contributed by atoms with E-state index >= 15 is 0 Å². The average molecular weight is 260 g/mol. The Bertz CT molecular complexity index is 638. The van der Waals surface area contributed by atoms with Crippen LogP contribution < -0.4 is 15.1 Å². The number of rotatable bonds is 3. The van der Waals surface area contributed by atoms with Crippen LogP contribution in [0.2, 0.25) is 0 Å². The van der Waals surface area contributed by atoms with Crippen LogP contribution in [0, 0.1) is 0 Å². The van der Waals surface area contributed by atoms with Crippen molar-refractivity contribution in [1.82, 2.24) is 0 Å². The summed E-state index contributed by atoms with van der Waals surface area (Å²) in [7, 11) is 1.59. The average Bonchev–Trinajstić information content (AvgIpc) is 2.92. The van der Waals surface area contributed by atoms with Gasteiger partial charge in [0.25, 0.3) is 0 Å². The molecule has 0 radical (unpaired) electrons. The zero-order valence-electron chi connectivity index (χ0n) is 10.8. The van der Waals surface area contributed by atoms with Crippen molar-refractivity contribution in [2.24, 2.45) is 0 Å². The van der Waals surface area contributed by atoms with Crippen molar-refractivity contribution < 1.29 is 13.9 Å². The summed E-state index contributed by atoms with van der Waals surface area (Å²) in [5, 5.41) is 0.841. The highest BCUT2D eigenvalue weighted by Crippen LogP contribution is 2.37. The lowest BCUT2D eigenvalue weighted by molar-refractivity contribution is 0.200. The summed E-state index contributed by atoms with van der Waals surface area (Å²) in [4.78, 5) is 11.4. The van der Waals surface area contributed by atoms with Gasteiger partial charge in [0.15, 0.2) is 11.3 Å². The number of benzene rings is 1. The lowest BCUT2D eigenvalue weighted by Crippen LogP contribution is -2.12. The minimum atomic E-state index is -0.378. The fraction of sp³-hybridized carbons (Fsp3) is 0.400. The summed E-state index contributed by atoms with van der Waals surface area (Å²) in [5.41, 5.74) is 0.0933. The molecular formula is C15H16O4. The molecule has 1 aliphatic carbocycles. The van der Waals surface area contributed by atoms with Crippen molar-refractivity contribution in [1.29, 1.82) is 0 Å². The van der Waals surface area contributed by atoms with Gasteiger partial charge in [-0.15, -0.1) is 0 Å². The molecule has 0 aliphatic heterocycles. The van der Waals surface area contributed by atoms with Crippen LogP contribution in [0.15, 0.2) is 33.5 Å². The smallest absolute Gasteiger partial charge is 0.336 e. The first-order valence-electron chi connectivity index (χ1n) is 6.55. The number of fused-ring (bicyclic) bond motifs is 1. The third-order valence-electron chi connectivity index (χ3n) is 3.51. The largest absolute Gasteiger partial charge is 0.493 e. The zero-order chi connectivity index (χ0) is 13.2. The van der Waals surface area contributed by atoms with E-state index in [4.69, 9.17) is 13.9 Å². The molecule has 0 spiro atoms. The maximum Gasteiger partial charge on any atom is 0.336 e. The molecule has 0 N–H and O–H groups in total. The lowest BCUT2D eigenvalue weighted by Gasteiger charge is -2.16. The SMILES string of the molecule is COc1ccc2ccc(=O)oc2c1OC1CCCC1. The molecule has 19 heavy (non-hydrogen) atoms. The summed E-state index contributed by atoms with van der Waals surface area (Å²) in [6.07, 6.45) is 4.63.